The van der Waals surface area contributed by atoms with Crippen molar-refractivity contribution < 1.29 is 9.42 Å². The van der Waals surface area contributed by atoms with Gasteiger partial charge in [0, 0.05) is 6.66 Å². The van der Waals surface area contributed by atoms with E-state index in [-0.39, 0.29) is 0 Å². The van der Waals surface area contributed by atoms with Crippen LogP contribution in [0.4, 0.5) is 0 Å². The lowest BCUT2D eigenvalue weighted by molar-refractivity contribution is 0.303. The lowest BCUT2D eigenvalue weighted by Crippen LogP contribution is -1.85. The van der Waals surface area contributed by atoms with Gasteiger partial charge in [-0.1, -0.05) is 30.3 Å². The van der Waals surface area contributed by atoms with Gasteiger partial charge in [0.2, 0.25) is 0 Å². The molecule has 0 saturated heterocycles. The quantitative estimate of drug-likeness (QED) is 0.704. The van der Waals surface area contributed by atoms with Gasteiger partial charge in [-0.3, -0.25) is 0 Å². The highest BCUT2D eigenvalue weighted by Crippen LogP contribution is 2.26. The van der Waals surface area contributed by atoms with E-state index in [1.165, 1.54) is 0 Å². The molecule has 0 fully saturated rings. The summed E-state index contributed by atoms with van der Waals surface area (Å²) in [5.41, 5.74) is 1.09. The number of rotatable bonds is 3. The first-order valence-electron chi connectivity index (χ1n) is 3.38. The van der Waals surface area contributed by atoms with Crippen LogP contribution in [0.5, 0.6) is 0 Å². The maximum atomic E-state index is 8.86. The standard InChI is InChI=1S/C8H11O2P/c1-11(9)10-7-8-5-3-2-4-6-8/h2-6,9H,7H2,1H3. The summed E-state index contributed by atoms with van der Waals surface area (Å²) in [6.07, 6.45) is 0. The van der Waals surface area contributed by atoms with E-state index in [2.05, 4.69) is 0 Å². The second-order valence-electron chi connectivity index (χ2n) is 2.22. The Morgan fingerprint density at radius 1 is 1.36 bits per heavy atom. The fourth-order valence-corrected chi connectivity index (χ4v) is 1.08. The van der Waals surface area contributed by atoms with Gasteiger partial charge in [-0.05, 0) is 5.56 Å². The second kappa shape index (κ2) is 4.45. The van der Waals surface area contributed by atoms with Gasteiger partial charge in [-0.2, -0.15) is 0 Å². The monoisotopic (exact) mass is 170 g/mol. The second-order valence-corrected chi connectivity index (χ2v) is 3.41. The summed E-state index contributed by atoms with van der Waals surface area (Å²) in [5.74, 6) is 0. The van der Waals surface area contributed by atoms with Gasteiger partial charge in [0.15, 0.2) is 8.38 Å². The van der Waals surface area contributed by atoms with E-state index in [0.29, 0.717) is 6.61 Å². The van der Waals surface area contributed by atoms with Crippen LogP contribution >= 0.6 is 8.38 Å². The normalized spacial score (nSPS) is 12.9. The van der Waals surface area contributed by atoms with E-state index < -0.39 is 8.38 Å². The van der Waals surface area contributed by atoms with Gasteiger partial charge in [-0.15, -0.1) is 0 Å². The third kappa shape index (κ3) is 3.47. The summed E-state index contributed by atoms with van der Waals surface area (Å²) < 4.78 is 5.05. The van der Waals surface area contributed by atoms with Crippen LogP contribution in [0.1, 0.15) is 5.56 Å². The van der Waals surface area contributed by atoms with E-state index in [1.54, 1.807) is 6.66 Å². The molecule has 1 N–H and O–H groups in total. The molecule has 0 bridgehead atoms. The van der Waals surface area contributed by atoms with Gasteiger partial charge in [0.05, 0.1) is 6.61 Å². The molecule has 11 heavy (non-hydrogen) atoms. The summed E-state index contributed by atoms with van der Waals surface area (Å²) in [5, 5.41) is 0. The van der Waals surface area contributed by atoms with Gasteiger partial charge in [-0.25, -0.2) is 0 Å². The third-order valence-electron chi connectivity index (χ3n) is 1.26. The molecular weight excluding hydrogens is 159 g/mol. The van der Waals surface area contributed by atoms with E-state index in [4.69, 9.17) is 9.42 Å². The molecule has 60 valence electrons. The highest BCUT2D eigenvalue weighted by Gasteiger charge is 1.95. The Kier molecular flexibility index (Phi) is 3.50. The van der Waals surface area contributed by atoms with Gasteiger partial charge in [0.25, 0.3) is 0 Å². The summed E-state index contributed by atoms with van der Waals surface area (Å²) in [6, 6.07) is 9.80. The minimum absolute atomic E-state index is 0.500. The molecule has 0 heterocycles. The third-order valence-corrected chi connectivity index (χ3v) is 1.76. The summed E-state index contributed by atoms with van der Waals surface area (Å²) >= 11 is 0. The highest BCUT2D eigenvalue weighted by molar-refractivity contribution is 7.45. The molecule has 0 amide bonds. The van der Waals surface area contributed by atoms with Crippen molar-refractivity contribution in [2.75, 3.05) is 6.66 Å². The van der Waals surface area contributed by atoms with Crippen molar-refractivity contribution in [1.82, 2.24) is 0 Å². The Morgan fingerprint density at radius 3 is 2.55 bits per heavy atom. The van der Waals surface area contributed by atoms with Crippen molar-refractivity contribution in [3.63, 3.8) is 0 Å². The molecule has 0 spiro atoms. The minimum atomic E-state index is -1.22. The molecule has 0 aliphatic carbocycles. The zero-order valence-electron chi connectivity index (χ0n) is 6.40. The van der Waals surface area contributed by atoms with Crippen LogP contribution in [0, 0.1) is 0 Å². The SMILES string of the molecule is CP(O)OCc1ccccc1. The molecule has 2 nitrogen and oxygen atoms in total. The average molecular weight is 170 g/mol. The minimum Gasteiger partial charge on any atom is -0.350 e. The van der Waals surface area contributed by atoms with Gasteiger partial charge >= 0.3 is 0 Å². The summed E-state index contributed by atoms with van der Waals surface area (Å²) in [6.45, 7) is 2.16. The zero-order chi connectivity index (χ0) is 8.10. The van der Waals surface area contributed by atoms with Crippen LogP contribution in [0.15, 0.2) is 30.3 Å². The highest BCUT2D eigenvalue weighted by atomic mass is 31.2. The summed E-state index contributed by atoms with van der Waals surface area (Å²) in [7, 11) is -1.22. The van der Waals surface area contributed by atoms with Crippen molar-refractivity contribution in [2.45, 2.75) is 6.61 Å². The topological polar surface area (TPSA) is 29.5 Å². The van der Waals surface area contributed by atoms with E-state index >= 15 is 0 Å². The maximum Gasteiger partial charge on any atom is 0.164 e. The molecule has 0 aliphatic rings. The van der Waals surface area contributed by atoms with E-state index in [0.717, 1.165) is 5.56 Å². The largest absolute Gasteiger partial charge is 0.350 e. The molecule has 0 aliphatic heterocycles. The van der Waals surface area contributed by atoms with Crippen molar-refractivity contribution in [3.05, 3.63) is 35.9 Å². The Bertz CT molecular complexity index is 199. The molecule has 0 aromatic heterocycles. The molecule has 1 aromatic carbocycles. The predicted molar refractivity (Wildman–Crippen MR) is 46.3 cm³/mol. The van der Waals surface area contributed by atoms with Gasteiger partial charge in [0.1, 0.15) is 0 Å². The smallest absolute Gasteiger partial charge is 0.164 e. The Hall–Kier alpha value is -0.430. The predicted octanol–water partition coefficient (Wildman–Crippen LogP) is 2.14. The molecule has 0 radical (unpaired) electrons. The van der Waals surface area contributed by atoms with Crippen LogP contribution in [0.2, 0.25) is 0 Å². The first-order chi connectivity index (χ1) is 5.29. The van der Waals surface area contributed by atoms with Crippen molar-refractivity contribution in [3.8, 4) is 0 Å². The van der Waals surface area contributed by atoms with Gasteiger partial charge < -0.3 is 9.42 Å². The molecule has 1 atom stereocenters. The van der Waals surface area contributed by atoms with Crippen LogP contribution in [-0.2, 0) is 11.1 Å². The van der Waals surface area contributed by atoms with E-state index in [1.807, 2.05) is 30.3 Å². The molecular formula is C8H11O2P. The average Bonchev–Trinajstić information content (AvgIpc) is 2.03. The van der Waals surface area contributed by atoms with Crippen LogP contribution < -0.4 is 0 Å². The Morgan fingerprint density at radius 2 is 2.00 bits per heavy atom. The zero-order valence-corrected chi connectivity index (χ0v) is 7.29. The van der Waals surface area contributed by atoms with Crippen LogP contribution in [0.25, 0.3) is 0 Å². The number of hydrogen-bond acceptors (Lipinski definition) is 2. The molecule has 1 aromatic rings. The fourth-order valence-electron chi connectivity index (χ4n) is 0.742. The van der Waals surface area contributed by atoms with Crippen LogP contribution in [-0.4, -0.2) is 11.6 Å². The summed E-state index contributed by atoms with van der Waals surface area (Å²) in [4.78, 5) is 8.86. The lowest BCUT2D eigenvalue weighted by atomic mass is 10.2. The van der Waals surface area contributed by atoms with Crippen molar-refractivity contribution >= 4 is 8.38 Å². The maximum absolute atomic E-state index is 8.86. The van der Waals surface area contributed by atoms with Crippen LogP contribution in [0.3, 0.4) is 0 Å². The fraction of sp³-hybridized carbons (Fsp3) is 0.250. The van der Waals surface area contributed by atoms with Crippen molar-refractivity contribution in [2.24, 2.45) is 0 Å². The van der Waals surface area contributed by atoms with Crippen molar-refractivity contribution in [1.29, 1.82) is 0 Å². The molecule has 1 unspecified atom stereocenters. The molecule has 1 rings (SSSR count). The first kappa shape index (κ1) is 8.66. The first-order valence-corrected chi connectivity index (χ1v) is 5.04. The lowest BCUT2D eigenvalue weighted by Gasteiger charge is -2.04. The number of hydrogen-bond donors (Lipinski definition) is 1. The van der Waals surface area contributed by atoms with E-state index in [9.17, 15) is 0 Å². The Balaban J connectivity index is 2.39. The Labute approximate surface area is 67.7 Å². The molecule has 3 heteroatoms. The number of benzene rings is 1. The molecule has 0 saturated carbocycles.